The van der Waals surface area contributed by atoms with Gasteiger partial charge in [-0.1, -0.05) is 0 Å². The highest BCUT2D eigenvalue weighted by Gasteiger charge is 2.42. The summed E-state index contributed by atoms with van der Waals surface area (Å²) in [6.07, 6.45) is -2.76. The van der Waals surface area contributed by atoms with Crippen molar-refractivity contribution in [1.29, 1.82) is 0 Å². The topological polar surface area (TPSA) is 93.0 Å². The van der Waals surface area contributed by atoms with E-state index >= 15 is 0 Å². The lowest BCUT2D eigenvalue weighted by Gasteiger charge is -2.18. The Balaban J connectivity index is 2.60. The molecule has 12 heavy (non-hydrogen) atoms. The number of aliphatic hydroxyl groups is 4. The predicted octanol–water partition coefficient (Wildman–Crippen LogP) is -2.58. The van der Waals surface area contributed by atoms with Crippen molar-refractivity contribution >= 4 is 0 Å². The van der Waals surface area contributed by atoms with Crippen LogP contribution in [0, 0.1) is 0 Å². The maximum absolute atomic E-state index is 9.35. The van der Waals surface area contributed by atoms with Crippen LogP contribution >= 0.6 is 0 Å². The van der Waals surface area contributed by atoms with Crippen LogP contribution in [0.4, 0.5) is 0 Å². The second-order valence-corrected chi connectivity index (χ2v) is 3.20. The molecule has 5 unspecified atom stereocenters. The van der Waals surface area contributed by atoms with Crippen molar-refractivity contribution in [3.8, 4) is 0 Å². The van der Waals surface area contributed by atoms with Crippen LogP contribution in [0.25, 0.3) is 0 Å². The molecule has 0 aromatic carbocycles. The molecule has 72 valence electrons. The van der Waals surface area contributed by atoms with E-state index in [4.69, 9.17) is 10.2 Å². The zero-order chi connectivity index (χ0) is 9.30. The third-order valence-corrected chi connectivity index (χ3v) is 2.25. The normalized spacial score (nSPS) is 44.8. The molecule has 0 spiro atoms. The summed E-state index contributed by atoms with van der Waals surface area (Å²) >= 11 is 0. The van der Waals surface area contributed by atoms with Crippen molar-refractivity contribution < 1.29 is 20.4 Å². The van der Waals surface area contributed by atoms with Crippen LogP contribution in [0.15, 0.2) is 0 Å². The molecule has 5 N–H and O–H groups in total. The van der Waals surface area contributed by atoms with Crippen LogP contribution in [-0.4, -0.2) is 57.4 Å². The number of hydrogen-bond donors (Lipinski definition) is 5. The molecule has 1 rings (SSSR count). The van der Waals surface area contributed by atoms with Crippen LogP contribution in [0.2, 0.25) is 0 Å². The second-order valence-electron chi connectivity index (χ2n) is 3.20. The van der Waals surface area contributed by atoms with E-state index in [-0.39, 0.29) is 6.61 Å². The Bertz CT molecular complexity index is 152. The molecule has 1 fully saturated rings. The summed E-state index contributed by atoms with van der Waals surface area (Å²) < 4.78 is 0. The molecule has 0 amide bonds. The van der Waals surface area contributed by atoms with Gasteiger partial charge in [-0.2, -0.15) is 0 Å². The van der Waals surface area contributed by atoms with Gasteiger partial charge in [0.25, 0.3) is 0 Å². The Hall–Kier alpha value is -0.200. The van der Waals surface area contributed by atoms with E-state index in [1.54, 1.807) is 0 Å². The second kappa shape index (κ2) is 3.68. The molecular weight excluding hydrogens is 162 g/mol. The fourth-order valence-corrected chi connectivity index (χ4v) is 1.48. The summed E-state index contributed by atoms with van der Waals surface area (Å²) in [5.41, 5.74) is 0. The summed E-state index contributed by atoms with van der Waals surface area (Å²) in [6.45, 7) is 1.27. The number of aliphatic hydroxyl groups excluding tert-OH is 4. The predicted molar refractivity (Wildman–Crippen MR) is 41.5 cm³/mol. The van der Waals surface area contributed by atoms with E-state index in [1.807, 2.05) is 0 Å². The quantitative estimate of drug-likeness (QED) is 0.319. The van der Waals surface area contributed by atoms with Crippen molar-refractivity contribution in [2.45, 2.75) is 37.3 Å². The lowest BCUT2D eigenvalue weighted by molar-refractivity contribution is 0.000848. The molecule has 0 aliphatic carbocycles. The van der Waals surface area contributed by atoms with Gasteiger partial charge in [0.05, 0.1) is 37.0 Å². The van der Waals surface area contributed by atoms with Gasteiger partial charge in [-0.25, -0.2) is 0 Å². The van der Waals surface area contributed by atoms with Crippen LogP contribution in [0.3, 0.4) is 0 Å². The van der Waals surface area contributed by atoms with Crippen LogP contribution in [0.5, 0.6) is 0 Å². The lowest BCUT2D eigenvalue weighted by Crippen LogP contribution is -2.42. The smallest absolute Gasteiger partial charge is 0.0993 e. The van der Waals surface area contributed by atoms with Crippen molar-refractivity contribution in [3.63, 3.8) is 0 Å². The fourth-order valence-electron chi connectivity index (χ4n) is 1.48. The Kier molecular flexibility index (Phi) is 3.03. The SMILES string of the molecule is CC(O)C1NC(CO)C(O)C1O. The van der Waals surface area contributed by atoms with Crippen molar-refractivity contribution in [3.05, 3.63) is 0 Å². The molecular formula is C7H15NO4. The number of nitrogens with one attached hydrogen (secondary N) is 1. The van der Waals surface area contributed by atoms with Crippen molar-refractivity contribution in [1.82, 2.24) is 5.32 Å². The Morgan fingerprint density at radius 3 is 2.17 bits per heavy atom. The first-order chi connectivity index (χ1) is 5.57. The molecule has 1 aliphatic heterocycles. The molecule has 5 heteroatoms. The molecule has 0 bridgehead atoms. The molecule has 0 aromatic rings. The first kappa shape index (κ1) is 9.88. The molecule has 1 saturated heterocycles. The zero-order valence-corrected chi connectivity index (χ0v) is 6.88. The molecule has 0 aromatic heterocycles. The standard InChI is InChI=1S/C7H15NO4/c1-3(10)5-7(12)6(11)4(2-9)8-5/h3-12H,2H2,1H3. The van der Waals surface area contributed by atoms with Gasteiger partial charge in [0.15, 0.2) is 0 Å². The monoisotopic (exact) mass is 177 g/mol. The van der Waals surface area contributed by atoms with Crippen LogP contribution < -0.4 is 5.32 Å². The molecule has 1 heterocycles. The summed E-state index contributed by atoms with van der Waals surface area (Å²) in [4.78, 5) is 0. The minimum Gasteiger partial charge on any atom is -0.395 e. The summed E-state index contributed by atoms with van der Waals surface area (Å²) in [5.74, 6) is 0. The highest BCUT2D eigenvalue weighted by molar-refractivity contribution is 4.99. The first-order valence-corrected chi connectivity index (χ1v) is 3.99. The van der Waals surface area contributed by atoms with Crippen molar-refractivity contribution in [2.75, 3.05) is 6.61 Å². The molecule has 1 aliphatic rings. The summed E-state index contributed by atoms with van der Waals surface area (Å²) in [5, 5.41) is 39.3. The Morgan fingerprint density at radius 2 is 1.92 bits per heavy atom. The van der Waals surface area contributed by atoms with E-state index in [9.17, 15) is 10.2 Å². The highest BCUT2D eigenvalue weighted by atomic mass is 16.3. The van der Waals surface area contributed by atoms with E-state index in [2.05, 4.69) is 5.32 Å². The minimum absolute atomic E-state index is 0.249. The van der Waals surface area contributed by atoms with E-state index in [0.717, 1.165) is 0 Å². The van der Waals surface area contributed by atoms with E-state index in [1.165, 1.54) is 6.92 Å². The maximum Gasteiger partial charge on any atom is 0.0993 e. The zero-order valence-electron chi connectivity index (χ0n) is 6.88. The average Bonchev–Trinajstić information content (AvgIpc) is 2.30. The van der Waals surface area contributed by atoms with Gasteiger partial charge in [-0.15, -0.1) is 0 Å². The van der Waals surface area contributed by atoms with Crippen LogP contribution in [0.1, 0.15) is 6.92 Å². The van der Waals surface area contributed by atoms with Gasteiger partial charge >= 0.3 is 0 Å². The van der Waals surface area contributed by atoms with Gasteiger partial charge in [0.2, 0.25) is 0 Å². The summed E-state index contributed by atoms with van der Waals surface area (Å²) in [7, 11) is 0. The van der Waals surface area contributed by atoms with Gasteiger partial charge < -0.3 is 25.7 Å². The summed E-state index contributed by atoms with van der Waals surface area (Å²) in [6, 6.07) is -1.10. The Morgan fingerprint density at radius 1 is 1.33 bits per heavy atom. The third kappa shape index (κ3) is 1.60. The number of rotatable bonds is 2. The van der Waals surface area contributed by atoms with E-state index < -0.39 is 30.4 Å². The molecule has 0 saturated carbocycles. The maximum atomic E-state index is 9.35. The average molecular weight is 177 g/mol. The first-order valence-electron chi connectivity index (χ1n) is 3.99. The highest BCUT2D eigenvalue weighted by Crippen LogP contribution is 2.16. The molecule has 0 radical (unpaired) electrons. The van der Waals surface area contributed by atoms with Gasteiger partial charge in [-0.05, 0) is 6.92 Å². The minimum atomic E-state index is -1.01. The molecule has 5 nitrogen and oxygen atoms in total. The lowest BCUT2D eigenvalue weighted by atomic mass is 10.1. The van der Waals surface area contributed by atoms with Gasteiger partial charge in [0.1, 0.15) is 0 Å². The Labute approximate surface area is 70.6 Å². The van der Waals surface area contributed by atoms with E-state index in [0.29, 0.717) is 0 Å². The fraction of sp³-hybridized carbons (Fsp3) is 1.00. The molecule has 5 atom stereocenters. The van der Waals surface area contributed by atoms with Gasteiger partial charge in [0, 0.05) is 0 Å². The third-order valence-electron chi connectivity index (χ3n) is 2.25. The van der Waals surface area contributed by atoms with Gasteiger partial charge in [-0.3, -0.25) is 0 Å². The van der Waals surface area contributed by atoms with Crippen LogP contribution in [-0.2, 0) is 0 Å². The van der Waals surface area contributed by atoms with Crippen molar-refractivity contribution in [2.24, 2.45) is 0 Å². The largest absolute Gasteiger partial charge is 0.395 e. The number of hydrogen-bond acceptors (Lipinski definition) is 5.